The average Bonchev–Trinajstić information content (AvgIpc) is 2.97. The van der Waals surface area contributed by atoms with Crippen LogP contribution in [0.1, 0.15) is 23.8 Å². The number of aliphatic imine (C=N–C) groups is 1. The van der Waals surface area contributed by atoms with E-state index >= 15 is 0 Å². The molecule has 4 bridgehead atoms. The summed E-state index contributed by atoms with van der Waals surface area (Å²) < 4.78 is 12.5. The number of nitrogens with two attached hydrogens (primary N) is 1. The lowest BCUT2D eigenvalue weighted by atomic mass is 10.2. The molecule has 5 N–H and O–H groups in total. The lowest BCUT2D eigenvalue weighted by molar-refractivity contribution is -0.123. The number of fused-ring (bicyclic) bond motifs is 9. The highest BCUT2D eigenvalue weighted by Crippen LogP contribution is 2.24. The van der Waals surface area contributed by atoms with E-state index in [1.165, 1.54) is 4.57 Å². The van der Waals surface area contributed by atoms with Crippen LogP contribution >= 0.6 is 0 Å². The van der Waals surface area contributed by atoms with Gasteiger partial charge in [0.05, 0.1) is 13.2 Å². The number of aromatic amines is 1. The quantitative estimate of drug-likeness (QED) is 0.476. The summed E-state index contributed by atoms with van der Waals surface area (Å²) in [4.78, 5) is 35.2. The van der Waals surface area contributed by atoms with E-state index in [-0.39, 0.29) is 30.8 Å². The Kier molecular flexibility index (Phi) is 4.50. The number of amidine groups is 1. The smallest absolute Gasteiger partial charge is 0.327 e. The number of pyridine rings is 1. The summed E-state index contributed by atoms with van der Waals surface area (Å²) in [5, 5.41) is 5.74. The van der Waals surface area contributed by atoms with Gasteiger partial charge < -0.3 is 25.5 Å². The van der Waals surface area contributed by atoms with Crippen LogP contribution in [0.25, 0.3) is 0 Å². The van der Waals surface area contributed by atoms with Gasteiger partial charge in [-0.15, -0.1) is 0 Å². The van der Waals surface area contributed by atoms with Gasteiger partial charge in [-0.05, 0) is 12.0 Å². The van der Waals surface area contributed by atoms with Crippen molar-refractivity contribution in [3.05, 3.63) is 40.1 Å². The number of nitrogens with zero attached hydrogens (tertiary/aromatic N) is 3. The standard InChI is InChI=1S/C16H19N7O4/c17-13-12-14-22-15(21-13)26-5-1-4-18-10(24)8-27-11-3-2-9(6-19-11)7-23(14)16(25)20-12/h2-3,6,13H,1,4-5,7-8,17H2,(H,18,24)(H,20,25)(H,21,22). The number of aromatic nitrogens is 3. The number of ether oxygens (including phenoxy) is 2. The van der Waals surface area contributed by atoms with Gasteiger partial charge in [0, 0.05) is 18.8 Å². The van der Waals surface area contributed by atoms with E-state index in [1.807, 2.05) is 0 Å². The summed E-state index contributed by atoms with van der Waals surface area (Å²) in [6.07, 6.45) is 1.42. The summed E-state index contributed by atoms with van der Waals surface area (Å²) in [6.45, 7) is 0.892. The van der Waals surface area contributed by atoms with Gasteiger partial charge in [0.1, 0.15) is 17.7 Å². The maximum absolute atomic E-state index is 12.4. The molecule has 0 saturated heterocycles. The van der Waals surface area contributed by atoms with Crippen LogP contribution in [0.15, 0.2) is 28.1 Å². The Hall–Kier alpha value is -3.34. The second-order valence-corrected chi connectivity index (χ2v) is 6.13. The van der Waals surface area contributed by atoms with Gasteiger partial charge in [-0.3, -0.25) is 14.7 Å². The number of imidazole rings is 1. The Balaban J connectivity index is 1.66. The molecule has 1 atom stereocenters. The minimum absolute atomic E-state index is 0.124. The van der Waals surface area contributed by atoms with Crippen molar-refractivity contribution < 1.29 is 14.3 Å². The number of carbonyl (C=O) groups is 1. The van der Waals surface area contributed by atoms with Crippen molar-refractivity contribution in [2.45, 2.75) is 19.1 Å². The van der Waals surface area contributed by atoms with Crippen LogP contribution in [0.2, 0.25) is 0 Å². The van der Waals surface area contributed by atoms with Gasteiger partial charge in [0.15, 0.2) is 6.61 Å². The monoisotopic (exact) mass is 373 g/mol. The molecule has 5 heterocycles. The summed E-state index contributed by atoms with van der Waals surface area (Å²) in [6, 6.07) is 3.66. The molecule has 1 unspecified atom stereocenters. The first-order valence-corrected chi connectivity index (χ1v) is 8.50. The minimum atomic E-state index is -0.735. The molecule has 5 rings (SSSR count). The van der Waals surface area contributed by atoms with E-state index < -0.39 is 6.17 Å². The highest BCUT2D eigenvalue weighted by Gasteiger charge is 2.26. The van der Waals surface area contributed by atoms with Crippen LogP contribution in [0, 0.1) is 0 Å². The van der Waals surface area contributed by atoms with Crippen molar-refractivity contribution in [2.75, 3.05) is 25.1 Å². The van der Waals surface area contributed by atoms with Crippen molar-refractivity contribution in [1.82, 2.24) is 19.9 Å². The number of amides is 1. The van der Waals surface area contributed by atoms with Gasteiger partial charge in [0.25, 0.3) is 11.9 Å². The largest absolute Gasteiger partial charge is 0.468 e. The van der Waals surface area contributed by atoms with Gasteiger partial charge >= 0.3 is 5.69 Å². The first-order valence-electron chi connectivity index (χ1n) is 8.50. The molecule has 0 aliphatic carbocycles. The molecule has 11 nitrogen and oxygen atoms in total. The number of H-pyrrole nitrogens is 1. The Morgan fingerprint density at radius 2 is 2.15 bits per heavy atom. The molecule has 2 aromatic heterocycles. The highest BCUT2D eigenvalue weighted by molar-refractivity contribution is 5.90. The molecule has 0 saturated carbocycles. The number of carbonyl (C=O) groups excluding carboxylic acids is 1. The summed E-state index contributed by atoms with van der Waals surface area (Å²) in [5.41, 5.74) is 6.99. The predicted octanol–water partition coefficient (Wildman–Crippen LogP) is -0.726. The van der Waals surface area contributed by atoms with Crippen LogP contribution in [-0.2, 0) is 16.1 Å². The summed E-state index contributed by atoms with van der Waals surface area (Å²) in [7, 11) is 0. The number of anilines is 1. The molecule has 0 fully saturated rings. The third kappa shape index (κ3) is 3.62. The molecule has 0 aromatic carbocycles. The van der Waals surface area contributed by atoms with E-state index in [0.29, 0.717) is 37.0 Å². The zero-order chi connectivity index (χ0) is 18.8. The van der Waals surface area contributed by atoms with E-state index in [2.05, 4.69) is 25.6 Å². The zero-order valence-corrected chi connectivity index (χ0v) is 14.4. The van der Waals surface area contributed by atoms with Gasteiger partial charge in [-0.2, -0.15) is 0 Å². The van der Waals surface area contributed by atoms with E-state index in [0.717, 1.165) is 5.56 Å². The SMILES string of the molecule is NC1N=C2Nc3c1[nH]c(=O)n3Cc1ccc(nc1)OCC(=O)NCCCO2. The second kappa shape index (κ2) is 7.11. The molecular weight excluding hydrogens is 354 g/mol. The lowest BCUT2D eigenvalue weighted by Crippen LogP contribution is -2.31. The van der Waals surface area contributed by atoms with Crippen molar-refractivity contribution >= 4 is 17.7 Å². The van der Waals surface area contributed by atoms with E-state index in [1.54, 1.807) is 18.3 Å². The number of rotatable bonds is 0. The first-order chi connectivity index (χ1) is 13.1. The van der Waals surface area contributed by atoms with Crippen LogP contribution < -0.4 is 26.8 Å². The van der Waals surface area contributed by atoms with Gasteiger partial charge in [-0.1, -0.05) is 6.07 Å². The third-order valence-corrected chi connectivity index (χ3v) is 4.16. The average molecular weight is 373 g/mol. The Bertz CT molecular complexity index is 931. The summed E-state index contributed by atoms with van der Waals surface area (Å²) in [5.74, 6) is 0.600. The van der Waals surface area contributed by atoms with Crippen LogP contribution in [0.4, 0.5) is 5.82 Å². The maximum atomic E-state index is 12.4. The van der Waals surface area contributed by atoms with Crippen LogP contribution in [0.5, 0.6) is 5.88 Å². The fourth-order valence-electron chi connectivity index (χ4n) is 2.82. The van der Waals surface area contributed by atoms with Crippen molar-refractivity contribution in [3.8, 4) is 5.88 Å². The normalized spacial score (nSPS) is 19.8. The number of nitrogens with one attached hydrogen (secondary N) is 3. The summed E-state index contributed by atoms with van der Waals surface area (Å²) >= 11 is 0. The zero-order valence-electron chi connectivity index (χ0n) is 14.4. The molecule has 27 heavy (non-hydrogen) atoms. The predicted molar refractivity (Wildman–Crippen MR) is 95.5 cm³/mol. The molecule has 11 heteroatoms. The van der Waals surface area contributed by atoms with E-state index in [4.69, 9.17) is 15.2 Å². The Labute approximate surface area is 153 Å². The number of hydrogen-bond acceptors (Lipinski definition) is 8. The molecule has 2 aromatic rings. The maximum Gasteiger partial charge on any atom is 0.327 e. The molecule has 1 amide bonds. The van der Waals surface area contributed by atoms with Gasteiger partial charge in [-0.25, -0.2) is 14.8 Å². The lowest BCUT2D eigenvalue weighted by Gasteiger charge is -2.20. The topological polar surface area (TPSA) is 149 Å². The molecule has 0 radical (unpaired) electrons. The van der Waals surface area contributed by atoms with Gasteiger partial charge in [0.2, 0.25) is 5.88 Å². The molecule has 142 valence electrons. The van der Waals surface area contributed by atoms with E-state index in [9.17, 15) is 9.59 Å². The Morgan fingerprint density at radius 1 is 1.26 bits per heavy atom. The van der Waals surface area contributed by atoms with Crippen molar-refractivity contribution in [2.24, 2.45) is 10.7 Å². The third-order valence-electron chi connectivity index (χ3n) is 4.16. The minimum Gasteiger partial charge on any atom is -0.468 e. The highest BCUT2D eigenvalue weighted by atomic mass is 16.5. The molecule has 3 aliphatic rings. The van der Waals surface area contributed by atoms with Crippen molar-refractivity contribution in [1.29, 1.82) is 0 Å². The second-order valence-electron chi connectivity index (χ2n) is 6.13. The van der Waals surface area contributed by atoms with Crippen LogP contribution in [0.3, 0.4) is 0 Å². The van der Waals surface area contributed by atoms with Crippen LogP contribution in [-0.4, -0.2) is 46.2 Å². The first kappa shape index (κ1) is 17.1. The molecule has 3 aliphatic heterocycles. The van der Waals surface area contributed by atoms with Crippen molar-refractivity contribution in [3.63, 3.8) is 0 Å². The fourth-order valence-corrected chi connectivity index (χ4v) is 2.82. The Morgan fingerprint density at radius 3 is 2.96 bits per heavy atom. The molecule has 0 spiro atoms. The molecular formula is C16H19N7O4. The number of hydrogen-bond donors (Lipinski definition) is 4. The fraction of sp³-hybridized carbons (Fsp3) is 0.375.